The molecule has 0 saturated heterocycles. The van der Waals surface area contributed by atoms with E-state index in [0.29, 0.717) is 40.2 Å². The van der Waals surface area contributed by atoms with Gasteiger partial charge in [0.15, 0.2) is 16.9 Å². The van der Waals surface area contributed by atoms with Crippen molar-refractivity contribution in [2.75, 3.05) is 21.3 Å². The van der Waals surface area contributed by atoms with Gasteiger partial charge in [0.2, 0.25) is 5.75 Å². The van der Waals surface area contributed by atoms with Crippen LogP contribution in [0.25, 0.3) is 11.0 Å². The van der Waals surface area contributed by atoms with E-state index < -0.39 is 0 Å². The Balaban J connectivity index is 2.05. The van der Waals surface area contributed by atoms with Crippen molar-refractivity contribution >= 4 is 11.0 Å². The minimum Gasteiger partial charge on any atom is -0.493 e. The van der Waals surface area contributed by atoms with Gasteiger partial charge in [-0.15, -0.1) is 0 Å². The molecule has 3 aromatic rings. The van der Waals surface area contributed by atoms with Gasteiger partial charge in [-0.1, -0.05) is 12.1 Å². The largest absolute Gasteiger partial charge is 0.493 e. The van der Waals surface area contributed by atoms with E-state index in [-0.39, 0.29) is 5.43 Å². The Kier molecular flexibility index (Phi) is 4.42. The summed E-state index contributed by atoms with van der Waals surface area (Å²) < 4.78 is 21.6. The van der Waals surface area contributed by atoms with Crippen LogP contribution in [0.4, 0.5) is 0 Å². The molecule has 3 rings (SSSR count). The van der Waals surface area contributed by atoms with Crippen molar-refractivity contribution in [1.29, 1.82) is 0 Å². The first-order valence-corrected chi connectivity index (χ1v) is 7.46. The lowest BCUT2D eigenvalue weighted by molar-refractivity contribution is 0.324. The van der Waals surface area contributed by atoms with E-state index in [4.69, 9.17) is 18.6 Å². The third-order valence-electron chi connectivity index (χ3n) is 3.87. The number of hydrogen-bond donors (Lipinski definition) is 0. The number of benzene rings is 2. The number of ether oxygens (including phenoxy) is 3. The van der Waals surface area contributed by atoms with E-state index in [1.807, 2.05) is 24.3 Å². The summed E-state index contributed by atoms with van der Waals surface area (Å²) in [5, 5.41) is 0.572. The summed E-state index contributed by atoms with van der Waals surface area (Å²) in [6.07, 6.45) is 1.91. The number of methoxy groups -OCH3 is 3. The summed E-state index contributed by atoms with van der Waals surface area (Å²) in [5.41, 5.74) is 1.98. The van der Waals surface area contributed by atoms with Gasteiger partial charge in [-0.2, -0.15) is 0 Å². The lowest BCUT2D eigenvalue weighted by Gasteiger charge is -2.14. The van der Waals surface area contributed by atoms with Crippen LogP contribution >= 0.6 is 0 Å². The molecule has 0 bridgehead atoms. The maximum Gasteiger partial charge on any atom is 0.203 e. The molecule has 5 nitrogen and oxygen atoms in total. The highest BCUT2D eigenvalue weighted by molar-refractivity contribution is 5.76. The summed E-state index contributed by atoms with van der Waals surface area (Å²) in [5.74, 6) is 1.63. The van der Waals surface area contributed by atoms with Crippen molar-refractivity contribution in [3.8, 4) is 17.2 Å². The molecule has 124 valence electrons. The normalized spacial score (nSPS) is 10.6. The van der Waals surface area contributed by atoms with Crippen molar-refractivity contribution < 1.29 is 18.6 Å². The Labute approximate surface area is 139 Å². The molecule has 0 radical (unpaired) electrons. The Morgan fingerprint density at radius 1 is 0.958 bits per heavy atom. The molecule has 24 heavy (non-hydrogen) atoms. The van der Waals surface area contributed by atoms with Crippen molar-refractivity contribution in [2.24, 2.45) is 0 Å². The Hall–Kier alpha value is -2.95. The summed E-state index contributed by atoms with van der Waals surface area (Å²) in [6.45, 7) is 0. The van der Waals surface area contributed by atoms with Crippen LogP contribution in [-0.2, 0) is 6.42 Å². The fourth-order valence-corrected chi connectivity index (χ4v) is 2.70. The Morgan fingerprint density at radius 3 is 2.25 bits per heavy atom. The van der Waals surface area contributed by atoms with Crippen LogP contribution in [0.1, 0.15) is 11.1 Å². The monoisotopic (exact) mass is 326 g/mol. The minimum atomic E-state index is -0.0365. The van der Waals surface area contributed by atoms with Crippen molar-refractivity contribution in [3.63, 3.8) is 0 Å². The molecule has 1 aromatic heterocycles. The standard InChI is InChI=1S/C19H18O5/c1-21-16-9-12(10-17(22-2)19(16)23-3)8-13-11-24-15-7-5-4-6-14(15)18(13)20/h4-7,9-11H,8H2,1-3H3. The van der Waals surface area contributed by atoms with Gasteiger partial charge in [0.1, 0.15) is 5.58 Å². The quantitative estimate of drug-likeness (QED) is 0.719. The van der Waals surface area contributed by atoms with Crippen LogP contribution in [0.5, 0.6) is 17.2 Å². The zero-order valence-electron chi connectivity index (χ0n) is 13.8. The molecule has 0 aliphatic heterocycles. The molecule has 5 heteroatoms. The number of para-hydroxylation sites is 1. The van der Waals surface area contributed by atoms with E-state index in [1.165, 1.54) is 6.26 Å². The van der Waals surface area contributed by atoms with E-state index >= 15 is 0 Å². The van der Waals surface area contributed by atoms with Crippen LogP contribution in [0.2, 0.25) is 0 Å². The molecular weight excluding hydrogens is 308 g/mol. The minimum absolute atomic E-state index is 0.0365. The maximum atomic E-state index is 12.6. The summed E-state index contributed by atoms with van der Waals surface area (Å²) in [4.78, 5) is 12.6. The lowest BCUT2D eigenvalue weighted by Crippen LogP contribution is -2.09. The summed E-state index contributed by atoms with van der Waals surface area (Å²) >= 11 is 0. The number of rotatable bonds is 5. The fourth-order valence-electron chi connectivity index (χ4n) is 2.70. The average molecular weight is 326 g/mol. The molecule has 2 aromatic carbocycles. The number of fused-ring (bicyclic) bond motifs is 1. The molecule has 0 fully saturated rings. The van der Waals surface area contributed by atoms with Gasteiger partial charge in [-0.3, -0.25) is 4.79 Å². The SMILES string of the molecule is COc1cc(Cc2coc3ccccc3c2=O)cc(OC)c1OC. The number of hydrogen-bond acceptors (Lipinski definition) is 5. The van der Waals surface area contributed by atoms with Crippen molar-refractivity contribution in [2.45, 2.75) is 6.42 Å². The van der Waals surface area contributed by atoms with Gasteiger partial charge in [-0.05, 0) is 29.8 Å². The van der Waals surface area contributed by atoms with Gasteiger partial charge >= 0.3 is 0 Å². The first-order chi connectivity index (χ1) is 11.7. The molecule has 0 saturated carbocycles. The topological polar surface area (TPSA) is 57.9 Å². The van der Waals surface area contributed by atoms with Crippen molar-refractivity contribution in [3.05, 3.63) is 64.0 Å². The van der Waals surface area contributed by atoms with Crippen LogP contribution in [0.15, 0.2) is 51.9 Å². The highest BCUT2D eigenvalue weighted by atomic mass is 16.5. The van der Waals surface area contributed by atoms with E-state index in [9.17, 15) is 4.79 Å². The first-order valence-electron chi connectivity index (χ1n) is 7.46. The average Bonchev–Trinajstić information content (AvgIpc) is 2.63. The third kappa shape index (κ3) is 2.80. The molecule has 0 atom stereocenters. The highest BCUT2D eigenvalue weighted by Gasteiger charge is 2.15. The maximum absolute atomic E-state index is 12.6. The second kappa shape index (κ2) is 6.66. The van der Waals surface area contributed by atoms with E-state index in [1.54, 1.807) is 33.5 Å². The summed E-state index contributed by atoms with van der Waals surface area (Å²) in [7, 11) is 4.68. The molecule has 0 spiro atoms. The Bertz CT molecular complexity index is 901. The molecule has 0 aliphatic carbocycles. The van der Waals surface area contributed by atoms with E-state index in [0.717, 1.165) is 5.56 Å². The van der Waals surface area contributed by atoms with Gasteiger partial charge in [-0.25, -0.2) is 0 Å². The smallest absolute Gasteiger partial charge is 0.203 e. The van der Waals surface area contributed by atoms with Crippen LogP contribution in [-0.4, -0.2) is 21.3 Å². The highest BCUT2D eigenvalue weighted by Crippen LogP contribution is 2.38. The van der Waals surface area contributed by atoms with Gasteiger partial charge in [0.25, 0.3) is 0 Å². The zero-order chi connectivity index (χ0) is 17.1. The molecule has 0 N–H and O–H groups in total. The zero-order valence-corrected chi connectivity index (χ0v) is 13.8. The fraction of sp³-hybridized carbons (Fsp3) is 0.211. The predicted octanol–water partition coefficient (Wildman–Crippen LogP) is 3.41. The first kappa shape index (κ1) is 15.9. The second-order valence-electron chi connectivity index (χ2n) is 5.30. The van der Waals surface area contributed by atoms with Crippen LogP contribution < -0.4 is 19.6 Å². The molecule has 0 aliphatic rings. The van der Waals surface area contributed by atoms with E-state index in [2.05, 4.69) is 0 Å². The molecule has 0 amide bonds. The van der Waals surface area contributed by atoms with Crippen LogP contribution in [0.3, 0.4) is 0 Å². The second-order valence-corrected chi connectivity index (χ2v) is 5.30. The Morgan fingerprint density at radius 2 is 1.62 bits per heavy atom. The van der Waals surface area contributed by atoms with Gasteiger partial charge < -0.3 is 18.6 Å². The predicted molar refractivity (Wildman–Crippen MR) is 91.4 cm³/mol. The van der Waals surface area contributed by atoms with Crippen molar-refractivity contribution in [1.82, 2.24) is 0 Å². The van der Waals surface area contributed by atoms with Gasteiger partial charge in [0.05, 0.1) is 33.0 Å². The third-order valence-corrected chi connectivity index (χ3v) is 3.87. The molecule has 0 unspecified atom stereocenters. The summed E-state index contributed by atoms with van der Waals surface area (Å²) in [6, 6.07) is 10.9. The van der Waals surface area contributed by atoms with Crippen LogP contribution in [0, 0.1) is 0 Å². The van der Waals surface area contributed by atoms with Gasteiger partial charge in [0, 0.05) is 12.0 Å². The molecular formula is C19H18O5. The molecule has 1 heterocycles. The lowest BCUT2D eigenvalue weighted by atomic mass is 10.0.